The lowest BCUT2D eigenvalue weighted by Gasteiger charge is -2.16. The highest BCUT2D eigenvalue weighted by atomic mass is 15.3. The summed E-state index contributed by atoms with van der Waals surface area (Å²) in [4.78, 5) is 7.29. The Morgan fingerprint density at radius 2 is 1.97 bits per heavy atom. The van der Waals surface area contributed by atoms with Crippen LogP contribution in [0.4, 0.5) is 17.6 Å². The minimum absolute atomic E-state index is 0.589. The summed E-state index contributed by atoms with van der Waals surface area (Å²) in [6, 6.07) is 16.8. The van der Waals surface area contributed by atoms with Crippen LogP contribution < -0.4 is 10.6 Å². The fraction of sp³-hybridized carbons (Fsp3) is 0.375. The molecule has 1 aliphatic carbocycles. The number of anilines is 3. The second kappa shape index (κ2) is 8.27. The van der Waals surface area contributed by atoms with Gasteiger partial charge in [0.2, 0.25) is 5.95 Å². The molecule has 4 heterocycles. The van der Waals surface area contributed by atoms with Crippen molar-refractivity contribution in [2.45, 2.75) is 31.7 Å². The molecule has 4 aromatic rings. The fourth-order valence-corrected chi connectivity index (χ4v) is 4.53. The van der Waals surface area contributed by atoms with Crippen LogP contribution in [0.2, 0.25) is 0 Å². The maximum atomic E-state index is 4.76. The summed E-state index contributed by atoms with van der Waals surface area (Å²) < 4.78 is 1.86. The lowest BCUT2D eigenvalue weighted by atomic mass is 10.1. The predicted molar refractivity (Wildman–Crippen MR) is 125 cm³/mol. The number of rotatable bonds is 8. The van der Waals surface area contributed by atoms with Crippen molar-refractivity contribution in [3.8, 4) is 0 Å². The van der Waals surface area contributed by atoms with Crippen LogP contribution in [-0.2, 0) is 6.54 Å². The van der Waals surface area contributed by atoms with Crippen LogP contribution in [0.5, 0.6) is 0 Å². The lowest BCUT2D eigenvalue weighted by Crippen LogP contribution is -2.23. The number of nitrogens with zero attached hydrogens (tertiary/aromatic N) is 5. The molecule has 8 heteroatoms. The monoisotopic (exact) mass is 428 g/mol. The summed E-state index contributed by atoms with van der Waals surface area (Å²) in [7, 11) is 0. The molecule has 1 atom stereocenters. The topological polar surface area (TPSA) is 86.2 Å². The van der Waals surface area contributed by atoms with E-state index in [4.69, 9.17) is 4.98 Å². The highest BCUT2D eigenvalue weighted by Gasteiger charge is 2.26. The summed E-state index contributed by atoms with van der Waals surface area (Å²) in [5.41, 5.74) is 3.51. The summed E-state index contributed by atoms with van der Waals surface area (Å²) in [6.07, 6.45) is 5.63. The number of aromatic nitrogens is 5. The van der Waals surface area contributed by atoms with E-state index in [0.29, 0.717) is 17.8 Å². The molecular formula is C24H28N8. The molecule has 2 aliphatic rings. The van der Waals surface area contributed by atoms with Crippen LogP contribution in [0, 0.1) is 5.92 Å². The van der Waals surface area contributed by atoms with Gasteiger partial charge in [-0.25, -0.2) is 4.52 Å². The maximum absolute atomic E-state index is 4.76. The van der Waals surface area contributed by atoms with Crippen LogP contribution in [0.25, 0.3) is 5.52 Å². The number of hydrogen-bond acceptors (Lipinski definition) is 6. The van der Waals surface area contributed by atoms with Crippen molar-refractivity contribution in [3.05, 3.63) is 66.0 Å². The Hall–Kier alpha value is -3.39. The van der Waals surface area contributed by atoms with Gasteiger partial charge >= 0.3 is 0 Å². The van der Waals surface area contributed by atoms with E-state index in [1.165, 1.54) is 30.5 Å². The van der Waals surface area contributed by atoms with Crippen LogP contribution >= 0.6 is 0 Å². The Labute approximate surface area is 187 Å². The Balaban J connectivity index is 1.11. The van der Waals surface area contributed by atoms with Crippen LogP contribution in [-0.4, -0.2) is 49.3 Å². The van der Waals surface area contributed by atoms with Gasteiger partial charge in [0, 0.05) is 43.5 Å². The van der Waals surface area contributed by atoms with Gasteiger partial charge in [-0.2, -0.15) is 10.1 Å². The van der Waals surface area contributed by atoms with Crippen LogP contribution in [0.15, 0.2) is 54.7 Å². The van der Waals surface area contributed by atoms with Crippen molar-refractivity contribution in [1.29, 1.82) is 0 Å². The van der Waals surface area contributed by atoms with Crippen molar-refractivity contribution >= 4 is 23.1 Å². The number of likely N-dealkylation sites (tertiary alicyclic amines) is 1. The van der Waals surface area contributed by atoms with Crippen molar-refractivity contribution in [1.82, 2.24) is 29.7 Å². The van der Waals surface area contributed by atoms with Crippen molar-refractivity contribution in [2.75, 3.05) is 30.3 Å². The maximum Gasteiger partial charge on any atom is 0.243 e. The Morgan fingerprint density at radius 3 is 2.84 bits per heavy atom. The molecule has 8 nitrogen and oxygen atoms in total. The first kappa shape index (κ1) is 19.3. The van der Waals surface area contributed by atoms with E-state index in [-0.39, 0.29) is 0 Å². The second-order valence-electron chi connectivity index (χ2n) is 8.99. The second-order valence-corrected chi connectivity index (χ2v) is 8.99. The number of aromatic amines is 1. The lowest BCUT2D eigenvalue weighted by molar-refractivity contribution is 0.319. The molecule has 0 unspecified atom stereocenters. The largest absolute Gasteiger partial charge is 0.353 e. The van der Waals surface area contributed by atoms with Gasteiger partial charge in [-0.1, -0.05) is 30.3 Å². The molecular weight excluding hydrogens is 400 g/mol. The molecule has 1 saturated carbocycles. The molecule has 1 aliphatic heterocycles. The van der Waals surface area contributed by atoms with E-state index in [2.05, 4.69) is 67.2 Å². The van der Waals surface area contributed by atoms with Crippen LogP contribution in [0.1, 0.15) is 36.4 Å². The normalized spacial score (nSPS) is 18.9. The summed E-state index contributed by atoms with van der Waals surface area (Å²) in [5.74, 6) is 3.43. The number of nitrogens with one attached hydrogen (secondary N) is 3. The minimum Gasteiger partial charge on any atom is -0.353 e. The predicted octanol–water partition coefficient (Wildman–Crippen LogP) is 4.01. The van der Waals surface area contributed by atoms with E-state index in [1.807, 2.05) is 22.8 Å². The molecule has 2 fully saturated rings. The van der Waals surface area contributed by atoms with E-state index in [0.717, 1.165) is 43.3 Å². The van der Waals surface area contributed by atoms with Gasteiger partial charge in [0.15, 0.2) is 11.6 Å². The van der Waals surface area contributed by atoms with E-state index < -0.39 is 0 Å². The van der Waals surface area contributed by atoms with E-state index >= 15 is 0 Å². The van der Waals surface area contributed by atoms with Gasteiger partial charge in [0.25, 0.3) is 0 Å². The Kier molecular flexibility index (Phi) is 4.99. The van der Waals surface area contributed by atoms with Crippen molar-refractivity contribution in [2.24, 2.45) is 5.92 Å². The zero-order chi connectivity index (χ0) is 21.3. The molecule has 3 N–H and O–H groups in total. The third-order valence-electron chi connectivity index (χ3n) is 6.42. The standard InChI is InChI=1S/C24H28N8/c1-2-5-17(6-3-1)15-31-12-10-18(16-31)14-25-24-27-23(21-7-4-11-32(21)30-24)26-22-13-20(28-29-22)19-8-9-19/h1-7,11,13,18-19H,8-10,12,14-16H2,(H3,25,26,27,28,29,30)/t18-/m1/s1. The quantitative estimate of drug-likeness (QED) is 0.393. The van der Waals surface area contributed by atoms with Gasteiger partial charge in [-0.15, -0.1) is 5.10 Å². The highest BCUT2D eigenvalue weighted by Crippen LogP contribution is 2.39. The summed E-state index contributed by atoms with van der Waals surface area (Å²) in [5, 5.41) is 19.1. The van der Waals surface area contributed by atoms with Gasteiger partial charge in [-0.3, -0.25) is 10.00 Å². The van der Waals surface area contributed by atoms with Gasteiger partial charge in [0.05, 0.1) is 0 Å². The molecule has 6 rings (SSSR count). The third kappa shape index (κ3) is 4.18. The van der Waals surface area contributed by atoms with Gasteiger partial charge in [-0.05, 0) is 49.4 Å². The average molecular weight is 429 g/mol. The van der Waals surface area contributed by atoms with Crippen LogP contribution in [0.3, 0.4) is 0 Å². The van der Waals surface area contributed by atoms with Crippen molar-refractivity contribution < 1.29 is 0 Å². The smallest absolute Gasteiger partial charge is 0.243 e. The molecule has 1 saturated heterocycles. The highest BCUT2D eigenvalue weighted by molar-refractivity contribution is 5.73. The number of hydrogen-bond donors (Lipinski definition) is 3. The first-order valence-electron chi connectivity index (χ1n) is 11.5. The molecule has 0 spiro atoms. The molecule has 1 aromatic carbocycles. The van der Waals surface area contributed by atoms with E-state index in [9.17, 15) is 0 Å². The summed E-state index contributed by atoms with van der Waals surface area (Å²) >= 11 is 0. The number of fused-ring (bicyclic) bond motifs is 1. The van der Waals surface area contributed by atoms with E-state index in [1.54, 1.807) is 0 Å². The molecule has 164 valence electrons. The molecule has 0 radical (unpaired) electrons. The summed E-state index contributed by atoms with van der Waals surface area (Å²) in [6.45, 7) is 4.11. The zero-order valence-electron chi connectivity index (χ0n) is 18.0. The molecule has 0 bridgehead atoms. The Bertz CT molecular complexity index is 1190. The number of benzene rings is 1. The van der Waals surface area contributed by atoms with Crippen molar-refractivity contribution in [3.63, 3.8) is 0 Å². The molecule has 32 heavy (non-hydrogen) atoms. The molecule has 3 aromatic heterocycles. The third-order valence-corrected chi connectivity index (χ3v) is 6.42. The first-order chi connectivity index (χ1) is 15.8. The molecule has 0 amide bonds. The van der Waals surface area contributed by atoms with Gasteiger partial charge < -0.3 is 10.6 Å². The SMILES string of the molecule is c1ccc(CN2CC[C@H](CNc3nc(Nc4cc(C5CC5)[nH]n4)c4cccn4n3)C2)cc1. The average Bonchev–Trinajstić information content (AvgIpc) is 3.18. The Morgan fingerprint density at radius 1 is 1.06 bits per heavy atom. The minimum atomic E-state index is 0.589. The van der Waals surface area contributed by atoms with Gasteiger partial charge in [0.1, 0.15) is 5.52 Å². The first-order valence-corrected chi connectivity index (χ1v) is 11.5. The zero-order valence-corrected chi connectivity index (χ0v) is 18.0. The fourth-order valence-electron chi connectivity index (χ4n) is 4.53. The number of H-pyrrole nitrogens is 1.